The Bertz CT molecular complexity index is 583. The van der Waals surface area contributed by atoms with Crippen molar-refractivity contribution in [3.8, 4) is 0 Å². The van der Waals surface area contributed by atoms with Gasteiger partial charge in [0, 0.05) is 0 Å². The van der Waals surface area contributed by atoms with Crippen molar-refractivity contribution < 1.29 is 0 Å². The molecule has 19 heavy (non-hydrogen) atoms. The minimum Gasteiger partial charge on any atom is -0.217 e. The summed E-state index contributed by atoms with van der Waals surface area (Å²) in [5.74, 6) is 0. The predicted octanol–water partition coefficient (Wildman–Crippen LogP) is 3.04. The van der Waals surface area contributed by atoms with E-state index in [4.69, 9.17) is 23.2 Å². The van der Waals surface area contributed by atoms with Crippen LogP contribution in [0.5, 0.6) is 0 Å². The van der Waals surface area contributed by atoms with Gasteiger partial charge in [-0.25, -0.2) is 4.68 Å². The Morgan fingerprint density at radius 1 is 1.16 bits per heavy atom. The van der Waals surface area contributed by atoms with Crippen molar-refractivity contribution in [2.24, 2.45) is 0 Å². The lowest BCUT2D eigenvalue weighted by atomic mass is 10.3. The molecule has 0 saturated heterocycles. The van der Waals surface area contributed by atoms with E-state index in [9.17, 15) is 0 Å². The Balaban J connectivity index is 1.87. The van der Waals surface area contributed by atoms with Gasteiger partial charge in [0.05, 0.1) is 10.9 Å². The van der Waals surface area contributed by atoms with E-state index >= 15 is 0 Å². The van der Waals surface area contributed by atoms with Gasteiger partial charge < -0.3 is 0 Å². The molecule has 3 rings (SSSR count). The highest BCUT2D eigenvalue weighted by Gasteiger charge is 2.22. The molecule has 2 aromatic rings. The van der Waals surface area contributed by atoms with E-state index in [0.29, 0.717) is 26.4 Å². The van der Waals surface area contributed by atoms with Crippen LogP contribution in [0.4, 0.5) is 0 Å². The van der Waals surface area contributed by atoms with Gasteiger partial charge in [-0.2, -0.15) is 0 Å². The van der Waals surface area contributed by atoms with Crippen molar-refractivity contribution in [3.05, 3.63) is 16.4 Å². The minimum atomic E-state index is 0.298. The monoisotopic (exact) mass is 316 g/mol. The molecule has 1 aliphatic carbocycles. The van der Waals surface area contributed by atoms with Crippen LogP contribution in [0, 0.1) is 0 Å². The predicted molar refractivity (Wildman–Crippen MR) is 71.5 cm³/mol. The fourth-order valence-electron chi connectivity index (χ4n) is 2.14. The Kier molecular flexibility index (Phi) is 3.86. The van der Waals surface area contributed by atoms with Crippen LogP contribution >= 0.6 is 35.0 Å². The molecule has 1 aliphatic rings. The van der Waals surface area contributed by atoms with Crippen LogP contribution in [0.2, 0.25) is 10.3 Å². The summed E-state index contributed by atoms with van der Waals surface area (Å²) in [7, 11) is 0. The van der Waals surface area contributed by atoms with Gasteiger partial charge in [-0.05, 0) is 41.1 Å². The number of hydrogen-bond acceptors (Lipinski definition) is 6. The van der Waals surface area contributed by atoms with Gasteiger partial charge in [-0.15, -0.1) is 15.3 Å². The number of tetrazole rings is 1. The molecular weight excluding hydrogens is 307 g/mol. The van der Waals surface area contributed by atoms with Crippen LogP contribution in [0.15, 0.2) is 16.1 Å². The first-order valence-corrected chi connectivity index (χ1v) is 7.46. The van der Waals surface area contributed by atoms with Crippen LogP contribution in [0.3, 0.4) is 0 Å². The lowest BCUT2D eigenvalue weighted by molar-refractivity contribution is 0.423. The van der Waals surface area contributed by atoms with Gasteiger partial charge in [-0.1, -0.05) is 36.0 Å². The topological polar surface area (TPSA) is 69.4 Å². The average molecular weight is 317 g/mol. The Labute approximate surface area is 123 Å². The summed E-state index contributed by atoms with van der Waals surface area (Å²) in [6.45, 7) is 0. The average Bonchev–Trinajstić information content (AvgIpc) is 3.03. The quantitative estimate of drug-likeness (QED) is 0.866. The molecule has 6 nitrogen and oxygen atoms in total. The van der Waals surface area contributed by atoms with Gasteiger partial charge in [0.2, 0.25) is 5.16 Å². The van der Waals surface area contributed by atoms with E-state index in [2.05, 4.69) is 25.7 Å². The summed E-state index contributed by atoms with van der Waals surface area (Å²) < 4.78 is 1.86. The molecule has 0 radical (unpaired) electrons. The lowest BCUT2D eigenvalue weighted by Gasteiger charge is -2.10. The molecular formula is C10H10Cl2N6S. The molecule has 0 amide bonds. The fraction of sp³-hybridized carbons (Fsp3) is 0.500. The highest BCUT2D eigenvalue weighted by Crippen LogP contribution is 2.35. The summed E-state index contributed by atoms with van der Waals surface area (Å²) in [6.07, 6.45) is 4.67. The number of hydrogen-bond donors (Lipinski definition) is 0. The van der Waals surface area contributed by atoms with Crippen LogP contribution in [0.25, 0.3) is 0 Å². The van der Waals surface area contributed by atoms with Gasteiger partial charge in [0.15, 0.2) is 10.3 Å². The molecule has 0 atom stereocenters. The van der Waals surface area contributed by atoms with E-state index in [1.54, 1.807) is 6.07 Å². The molecule has 9 heteroatoms. The van der Waals surface area contributed by atoms with Crippen LogP contribution in [-0.2, 0) is 0 Å². The molecule has 2 aromatic heterocycles. The van der Waals surface area contributed by atoms with E-state index in [1.165, 1.54) is 24.6 Å². The zero-order valence-corrected chi connectivity index (χ0v) is 12.2. The molecule has 2 heterocycles. The van der Waals surface area contributed by atoms with E-state index < -0.39 is 0 Å². The smallest absolute Gasteiger partial charge is 0.214 e. The normalized spacial score (nSPS) is 16.1. The van der Waals surface area contributed by atoms with Gasteiger partial charge >= 0.3 is 0 Å². The summed E-state index contributed by atoms with van der Waals surface area (Å²) in [5, 5.41) is 20.6. The molecule has 1 fully saturated rings. The van der Waals surface area contributed by atoms with Crippen LogP contribution in [0.1, 0.15) is 31.7 Å². The Morgan fingerprint density at radius 2 is 1.95 bits per heavy atom. The third kappa shape index (κ3) is 2.82. The van der Waals surface area contributed by atoms with Gasteiger partial charge in [0.1, 0.15) is 0 Å². The van der Waals surface area contributed by atoms with Crippen molar-refractivity contribution in [1.82, 2.24) is 30.4 Å². The summed E-state index contributed by atoms with van der Waals surface area (Å²) in [6, 6.07) is 2.04. The Hall–Kier alpha value is -0.920. The standard InChI is InChI=1S/C10H10Cl2N6S/c11-8-5-7(9(12)14-13-8)19-10-15-16-17-18(10)6-3-1-2-4-6/h5-6H,1-4H2. The van der Waals surface area contributed by atoms with Crippen LogP contribution < -0.4 is 0 Å². The van der Waals surface area contributed by atoms with Crippen molar-refractivity contribution in [2.75, 3.05) is 0 Å². The molecule has 0 spiro atoms. The summed E-state index contributed by atoms with van der Waals surface area (Å²) >= 11 is 13.2. The van der Waals surface area contributed by atoms with Crippen molar-refractivity contribution in [2.45, 2.75) is 41.8 Å². The third-order valence-electron chi connectivity index (χ3n) is 3.02. The highest BCUT2D eigenvalue weighted by atomic mass is 35.5. The lowest BCUT2D eigenvalue weighted by Crippen LogP contribution is -2.08. The first-order chi connectivity index (χ1) is 9.24. The molecule has 0 N–H and O–H groups in total. The fourth-order valence-corrected chi connectivity index (χ4v) is 3.41. The molecule has 0 unspecified atom stereocenters. The second-order valence-electron chi connectivity index (χ2n) is 4.27. The maximum Gasteiger partial charge on any atom is 0.214 e. The first kappa shape index (κ1) is 13.1. The van der Waals surface area contributed by atoms with Crippen LogP contribution in [-0.4, -0.2) is 30.4 Å². The SMILES string of the molecule is Clc1cc(Sc2nnnn2C2CCCC2)c(Cl)nn1. The van der Waals surface area contributed by atoms with E-state index in [0.717, 1.165) is 12.8 Å². The molecule has 0 aliphatic heterocycles. The third-order valence-corrected chi connectivity index (χ3v) is 4.58. The first-order valence-electron chi connectivity index (χ1n) is 5.88. The van der Waals surface area contributed by atoms with E-state index in [1.807, 2.05) is 4.68 Å². The largest absolute Gasteiger partial charge is 0.217 e. The maximum absolute atomic E-state index is 5.99. The van der Waals surface area contributed by atoms with Crippen molar-refractivity contribution in [1.29, 1.82) is 0 Å². The van der Waals surface area contributed by atoms with Gasteiger partial charge in [-0.3, -0.25) is 0 Å². The number of nitrogens with zero attached hydrogens (tertiary/aromatic N) is 6. The number of aromatic nitrogens is 6. The van der Waals surface area contributed by atoms with Crippen molar-refractivity contribution in [3.63, 3.8) is 0 Å². The van der Waals surface area contributed by atoms with Crippen molar-refractivity contribution >= 4 is 35.0 Å². The summed E-state index contributed by atoms with van der Waals surface area (Å²) in [5.41, 5.74) is 0. The molecule has 1 saturated carbocycles. The molecule has 0 aromatic carbocycles. The number of rotatable bonds is 3. The van der Waals surface area contributed by atoms with Gasteiger partial charge in [0.25, 0.3) is 0 Å². The Morgan fingerprint density at radius 3 is 2.74 bits per heavy atom. The number of halogens is 2. The highest BCUT2D eigenvalue weighted by molar-refractivity contribution is 7.99. The molecule has 0 bridgehead atoms. The summed E-state index contributed by atoms with van der Waals surface area (Å²) in [4.78, 5) is 0.704. The zero-order chi connectivity index (χ0) is 13.2. The maximum atomic E-state index is 5.99. The van der Waals surface area contributed by atoms with E-state index in [-0.39, 0.29) is 0 Å². The zero-order valence-electron chi connectivity index (χ0n) is 9.83. The second-order valence-corrected chi connectivity index (χ2v) is 6.02. The minimum absolute atomic E-state index is 0.298. The second kappa shape index (κ2) is 5.60. The molecule has 100 valence electrons.